The average Bonchev–Trinajstić information content (AvgIpc) is 2.82. The highest BCUT2D eigenvalue weighted by molar-refractivity contribution is 5.94. The maximum atomic E-state index is 13.6. The zero-order chi connectivity index (χ0) is 22.8. The number of pyridine rings is 2. The number of fused-ring (bicyclic) bond motifs is 1. The summed E-state index contributed by atoms with van der Waals surface area (Å²) in [5.74, 6) is 0.584. The molecule has 0 atom stereocenters. The molecule has 1 N–H and O–H groups in total. The Labute approximate surface area is 193 Å². The van der Waals surface area contributed by atoms with Crippen LogP contribution in [0.5, 0.6) is 0 Å². The summed E-state index contributed by atoms with van der Waals surface area (Å²) < 4.78 is 13.6. The van der Waals surface area contributed by atoms with Crippen molar-refractivity contribution in [3.8, 4) is 22.4 Å². The van der Waals surface area contributed by atoms with E-state index in [4.69, 9.17) is 4.98 Å². The van der Waals surface area contributed by atoms with Gasteiger partial charge in [-0.15, -0.1) is 0 Å². The van der Waals surface area contributed by atoms with Crippen molar-refractivity contribution in [3.05, 3.63) is 114 Å². The number of rotatable bonds is 5. The Morgan fingerprint density at radius 1 is 0.788 bits per heavy atom. The molecule has 162 valence electrons. The van der Waals surface area contributed by atoms with Crippen LogP contribution in [0.4, 0.5) is 10.2 Å². The van der Waals surface area contributed by atoms with Gasteiger partial charge in [-0.1, -0.05) is 54.1 Å². The van der Waals surface area contributed by atoms with Crippen LogP contribution in [0.1, 0.15) is 16.7 Å². The lowest BCUT2D eigenvalue weighted by molar-refractivity contribution is 0.628. The van der Waals surface area contributed by atoms with Crippen LogP contribution in [0.2, 0.25) is 0 Å². The first-order chi connectivity index (χ1) is 16.1. The highest BCUT2D eigenvalue weighted by Crippen LogP contribution is 2.28. The van der Waals surface area contributed by atoms with E-state index in [2.05, 4.69) is 60.5 Å². The number of halogens is 1. The first-order valence-electron chi connectivity index (χ1n) is 11.0. The van der Waals surface area contributed by atoms with Crippen LogP contribution in [0, 0.1) is 19.7 Å². The zero-order valence-corrected chi connectivity index (χ0v) is 18.6. The van der Waals surface area contributed by atoms with Crippen LogP contribution < -0.4 is 5.32 Å². The SMILES string of the molecule is Cc1cccc(-c2ncc(CNc3nccc4cc(-c5cccc(F)c5)ccc34)cc2C)c1. The maximum absolute atomic E-state index is 13.6. The molecule has 0 unspecified atom stereocenters. The summed E-state index contributed by atoms with van der Waals surface area (Å²) >= 11 is 0. The molecule has 33 heavy (non-hydrogen) atoms. The molecule has 0 bridgehead atoms. The molecule has 0 amide bonds. The molecule has 3 aromatic carbocycles. The fraction of sp³-hybridized carbons (Fsp3) is 0.103. The number of nitrogens with one attached hydrogen (secondary N) is 1. The Kier molecular flexibility index (Phi) is 5.57. The van der Waals surface area contributed by atoms with Gasteiger partial charge >= 0.3 is 0 Å². The van der Waals surface area contributed by atoms with E-state index in [0.29, 0.717) is 6.54 Å². The molecule has 0 aliphatic carbocycles. The van der Waals surface area contributed by atoms with Crippen LogP contribution >= 0.6 is 0 Å². The molecule has 0 aliphatic rings. The van der Waals surface area contributed by atoms with Gasteiger partial charge < -0.3 is 5.32 Å². The summed E-state index contributed by atoms with van der Waals surface area (Å²) in [7, 11) is 0. The number of aromatic nitrogens is 2. The molecule has 2 aromatic heterocycles. The number of nitrogens with zero attached hydrogens (tertiary/aromatic N) is 2. The van der Waals surface area contributed by atoms with Crippen LogP contribution in [-0.4, -0.2) is 9.97 Å². The predicted octanol–water partition coefficient (Wildman–Crippen LogP) is 7.33. The highest BCUT2D eigenvalue weighted by atomic mass is 19.1. The van der Waals surface area contributed by atoms with Crippen molar-refractivity contribution in [2.75, 3.05) is 5.32 Å². The molecule has 0 radical (unpaired) electrons. The third-order valence-corrected chi connectivity index (χ3v) is 5.81. The van der Waals surface area contributed by atoms with Crippen LogP contribution in [0.25, 0.3) is 33.2 Å². The van der Waals surface area contributed by atoms with E-state index in [9.17, 15) is 4.39 Å². The molecule has 3 nitrogen and oxygen atoms in total. The second-order valence-corrected chi connectivity index (χ2v) is 8.34. The third kappa shape index (κ3) is 4.46. The molecule has 0 fully saturated rings. The molecular weight excluding hydrogens is 409 g/mol. The second-order valence-electron chi connectivity index (χ2n) is 8.34. The van der Waals surface area contributed by atoms with Crippen molar-refractivity contribution in [3.63, 3.8) is 0 Å². The van der Waals surface area contributed by atoms with E-state index in [1.807, 2.05) is 30.5 Å². The van der Waals surface area contributed by atoms with Crippen molar-refractivity contribution >= 4 is 16.6 Å². The van der Waals surface area contributed by atoms with Gasteiger partial charge in [-0.05, 0) is 71.8 Å². The maximum Gasteiger partial charge on any atom is 0.134 e. The molecule has 2 heterocycles. The van der Waals surface area contributed by atoms with Gasteiger partial charge in [0.1, 0.15) is 11.6 Å². The van der Waals surface area contributed by atoms with Gasteiger partial charge in [0, 0.05) is 29.9 Å². The minimum Gasteiger partial charge on any atom is -0.365 e. The van der Waals surface area contributed by atoms with E-state index in [1.54, 1.807) is 18.3 Å². The minimum absolute atomic E-state index is 0.234. The van der Waals surface area contributed by atoms with Crippen molar-refractivity contribution in [1.82, 2.24) is 9.97 Å². The molecule has 0 saturated carbocycles. The van der Waals surface area contributed by atoms with Crippen LogP contribution in [0.3, 0.4) is 0 Å². The average molecular weight is 434 g/mol. The van der Waals surface area contributed by atoms with Gasteiger partial charge in [0.15, 0.2) is 0 Å². The summed E-state index contributed by atoms with van der Waals surface area (Å²) in [5, 5.41) is 5.54. The monoisotopic (exact) mass is 433 g/mol. The quantitative estimate of drug-likeness (QED) is 0.315. The van der Waals surface area contributed by atoms with Crippen LogP contribution in [-0.2, 0) is 6.54 Å². The molecular formula is C29H24FN3. The third-order valence-electron chi connectivity index (χ3n) is 5.81. The lowest BCUT2D eigenvalue weighted by Crippen LogP contribution is -2.03. The first-order valence-corrected chi connectivity index (χ1v) is 11.0. The Hall–Kier alpha value is -4.05. The largest absolute Gasteiger partial charge is 0.365 e. The van der Waals surface area contributed by atoms with Crippen molar-refractivity contribution in [2.45, 2.75) is 20.4 Å². The standard InChI is InChI=1S/C29H24FN3/c1-19-5-3-7-25(13-19)28-20(2)14-21(17-32-28)18-33-29-27-10-9-23(15-24(27)11-12-31-29)22-6-4-8-26(30)16-22/h3-17H,18H2,1-2H3,(H,31,33). The molecule has 0 aliphatic heterocycles. The van der Waals surface area contributed by atoms with Gasteiger partial charge in [0.2, 0.25) is 0 Å². The Morgan fingerprint density at radius 2 is 1.61 bits per heavy atom. The number of hydrogen-bond donors (Lipinski definition) is 1. The fourth-order valence-corrected chi connectivity index (χ4v) is 4.18. The lowest BCUT2D eigenvalue weighted by Gasteiger charge is -2.12. The summed E-state index contributed by atoms with van der Waals surface area (Å²) in [6, 6.07) is 25.3. The number of hydrogen-bond acceptors (Lipinski definition) is 3. The van der Waals surface area contributed by atoms with Gasteiger partial charge in [-0.2, -0.15) is 0 Å². The zero-order valence-electron chi connectivity index (χ0n) is 18.6. The fourth-order valence-electron chi connectivity index (χ4n) is 4.18. The number of aryl methyl sites for hydroxylation is 2. The van der Waals surface area contributed by atoms with Gasteiger partial charge in [0.25, 0.3) is 0 Å². The Morgan fingerprint density at radius 3 is 2.42 bits per heavy atom. The van der Waals surface area contributed by atoms with Crippen molar-refractivity contribution < 1.29 is 4.39 Å². The highest BCUT2D eigenvalue weighted by Gasteiger charge is 2.08. The van der Waals surface area contributed by atoms with E-state index in [1.165, 1.54) is 11.6 Å². The molecule has 0 spiro atoms. The molecule has 4 heteroatoms. The Bertz CT molecular complexity index is 1460. The van der Waals surface area contributed by atoms with Crippen LogP contribution in [0.15, 0.2) is 91.3 Å². The van der Waals surface area contributed by atoms with E-state index in [-0.39, 0.29) is 5.82 Å². The van der Waals surface area contributed by atoms with E-state index in [0.717, 1.165) is 50.1 Å². The summed E-state index contributed by atoms with van der Waals surface area (Å²) in [5.41, 5.74) is 7.45. The van der Waals surface area contributed by atoms with Crippen molar-refractivity contribution in [1.29, 1.82) is 0 Å². The van der Waals surface area contributed by atoms with Gasteiger partial charge in [0.05, 0.1) is 5.69 Å². The van der Waals surface area contributed by atoms with Gasteiger partial charge in [-0.3, -0.25) is 4.98 Å². The summed E-state index contributed by atoms with van der Waals surface area (Å²) in [6.45, 7) is 4.81. The summed E-state index contributed by atoms with van der Waals surface area (Å²) in [4.78, 5) is 9.27. The Balaban J connectivity index is 1.38. The normalized spacial score (nSPS) is 11.0. The molecule has 0 saturated heterocycles. The van der Waals surface area contributed by atoms with Gasteiger partial charge in [-0.25, -0.2) is 9.37 Å². The van der Waals surface area contributed by atoms with E-state index < -0.39 is 0 Å². The molecule has 5 aromatic rings. The number of benzene rings is 3. The summed E-state index contributed by atoms with van der Waals surface area (Å²) in [6.07, 6.45) is 3.72. The smallest absolute Gasteiger partial charge is 0.134 e. The second kappa shape index (κ2) is 8.83. The number of anilines is 1. The topological polar surface area (TPSA) is 37.8 Å². The first kappa shape index (κ1) is 20.8. The van der Waals surface area contributed by atoms with Crippen molar-refractivity contribution in [2.24, 2.45) is 0 Å². The minimum atomic E-state index is -0.234. The lowest BCUT2D eigenvalue weighted by atomic mass is 10.0. The van der Waals surface area contributed by atoms with E-state index >= 15 is 0 Å². The molecule has 5 rings (SSSR count). The predicted molar refractivity (Wildman–Crippen MR) is 134 cm³/mol.